The van der Waals surface area contributed by atoms with Crippen LogP contribution in [-0.4, -0.2) is 31.5 Å². The van der Waals surface area contributed by atoms with Crippen LogP contribution in [0.5, 0.6) is 5.75 Å². The van der Waals surface area contributed by atoms with Crippen molar-refractivity contribution in [2.24, 2.45) is 0 Å². The summed E-state index contributed by atoms with van der Waals surface area (Å²) in [6.45, 7) is 0. The summed E-state index contributed by atoms with van der Waals surface area (Å²) in [5, 5.41) is 0.288. The number of ether oxygens (including phenoxy) is 2. The Kier molecular flexibility index (Phi) is 3.15. The minimum atomic E-state index is -0.573. The first kappa shape index (κ1) is 12.3. The molecule has 94 valence electrons. The smallest absolute Gasteiger partial charge is 0.340 e. The van der Waals surface area contributed by atoms with Gasteiger partial charge in [-0.3, -0.25) is 4.79 Å². The standard InChI is InChI=1S/C11H10N2O4S/c1-16-8-5(4-14)3-6(10(15)17-2)7-9(8)18-11(12)13-7/h3-4H,1-2H3,(H2,12,13). The molecular formula is C11H10N2O4S. The molecule has 0 saturated heterocycles. The molecule has 6 nitrogen and oxygen atoms in total. The highest BCUT2D eigenvalue weighted by molar-refractivity contribution is 7.22. The van der Waals surface area contributed by atoms with Crippen LogP contribution < -0.4 is 10.5 Å². The summed E-state index contributed by atoms with van der Waals surface area (Å²) in [6, 6.07) is 1.39. The molecule has 0 aliphatic carbocycles. The van der Waals surface area contributed by atoms with E-state index in [0.717, 1.165) is 11.3 Å². The summed E-state index contributed by atoms with van der Waals surface area (Å²) in [5.74, 6) is -0.210. The lowest BCUT2D eigenvalue weighted by Gasteiger charge is -2.07. The molecule has 0 atom stereocenters. The van der Waals surface area contributed by atoms with Crippen LogP contribution in [0, 0.1) is 0 Å². The average molecular weight is 266 g/mol. The van der Waals surface area contributed by atoms with Gasteiger partial charge >= 0.3 is 5.97 Å². The molecule has 2 aromatic rings. The van der Waals surface area contributed by atoms with E-state index in [1.807, 2.05) is 0 Å². The lowest BCUT2D eigenvalue weighted by atomic mass is 10.1. The van der Waals surface area contributed by atoms with Crippen molar-refractivity contribution in [1.82, 2.24) is 4.98 Å². The first-order valence-corrected chi connectivity index (χ1v) is 5.74. The van der Waals surface area contributed by atoms with Crippen LogP contribution in [0.15, 0.2) is 6.07 Å². The molecule has 1 aromatic carbocycles. The third kappa shape index (κ3) is 1.78. The van der Waals surface area contributed by atoms with E-state index in [4.69, 9.17) is 10.5 Å². The number of carbonyl (C=O) groups excluding carboxylic acids is 2. The second-order valence-electron chi connectivity index (χ2n) is 3.39. The van der Waals surface area contributed by atoms with Crippen molar-refractivity contribution in [3.8, 4) is 5.75 Å². The molecule has 0 unspecified atom stereocenters. The molecule has 0 bridgehead atoms. The van der Waals surface area contributed by atoms with Crippen LogP contribution in [0.25, 0.3) is 10.2 Å². The maximum Gasteiger partial charge on any atom is 0.340 e. The van der Waals surface area contributed by atoms with Gasteiger partial charge in [0.05, 0.1) is 25.3 Å². The second kappa shape index (κ2) is 4.61. The van der Waals surface area contributed by atoms with E-state index in [1.165, 1.54) is 20.3 Å². The van der Waals surface area contributed by atoms with Crippen molar-refractivity contribution < 1.29 is 19.1 Å². The highest BCUT2D eigenvalue weighted by Crippen LogP contribution is 2.37. The molecular weight excluding hydrogens is 256 g/mol. The Hall–Kier alpha value is -2.15. The molecule has 0 fully saturated rings. The molecule has 0 spiro atoms. The quantitative estimate of drug-likeness (QED) is 0.668. The number of hydrogen-bond acceptors (Lipinski definition) is 7. The zero-order valence-corrected chi connectivity index (χ0v) is 10.5. The Morgan fingerprint density at radius 1 is 1.50 bits per heavy atom. The number of thiazole rings is 1. The zero-order chi connectivity index (χ0) is 13.3. The molecule has 1 aromatic heterocycles. The fourth-order valence-electron chi connectivity index (χ4n) is 1.66. The van der Waals surface area contributed by atoms with Gasteiger partial charge in [0, 0.05) is 0 Å². The summed E-state index contributed by atoms with van der Waals surface area (Å²) < 4.78 is 10.4. The monoisotopic (exact) mass is 266 g/mol. The van der Waals surface area contributed by atoms with Crippen LogP contribution in [0.2, 0.25) is 0 Å². The molecule has 0 aliphatic heterocycles. The number of rotatable bonds is 3. The van der Waals surface area contributed by atoms with Crippen LogP contribution in [0.1, 0.15) is 20.7 Å². The van der Waals surface area contributed by atoms with Gasteiger partial charge in [-0.15, -0.1) is 0 Å². The van der Waals surface area contributed by atoms with Crippen molar-refractivity contribution in [1.29, 1.82) is 0 Å². The molecule has 1 heterocycles. The Labute approximate surface area is 106 Å². The number of nitrogens with two attached hydrogens (primary N) is 1. The molecule has 0 aliphatic rings. The van der Waals surface area contributed by atoms with Gasteiger partial charge in [0.1, 0.15) is 16.0 Å². The lowest BCUT2D eigenvalue weighted by molar-refractivity contribution is 0.0603. The number of methoxy groups -OCH3 is 2. The van der Waals surface area contributed by atoms with Gasteiger partial charge in [-0.25, -0.2) is 9.78 Å². The normalized spacial score (nSPS) is 10.3. The van der Waals surface area contributed by atoms with Crippen LogP contribution in [0.3, 0.4) is 0 Å². The number of hydrogen-bond donors (Lipinski definition) is 1. The number of carbonyl (C=O) groups is 2. The van der Waals surface area contributed by atoms with Crippen molar-refractivity contribution in [2.45, 2.75) is 0 Å². The molecule has 2 N–H and O–H groups in total. The third-order valence-electron chi connectivity index (χ3n) is 2.40. The van der Waals surface area contributed by atoms with Crippen molar-refractivity contribution in [3.63, 3.8) is 0 Å². The van der Waals surface area contributed by atoms with E-state index >= 15 is 0 Å². The molecule has 2 rings (SSSR count). The fraction of sp³-hybridized carbons (Fsp3) is 0.182. The molecule has 0 amide bonds. The van der Waals surface area contributed by atoms with Crippen molar-refractivity contribution >= 4 is 38.9 Å². The summed E-state index contributed by atoms with van der Waals surface area (Å²) >= 11 is 1.15. The molecule has 7 heteroatoms. The number of esters is 1. The summed E-state index contributed by atoms with van der Waals surface area (Å²) in [5.41, 5.74) is 6.46. The Morgan fingerprint density at radius 3 is 2.78 bits per heavy atom. The fourth-order valence-corrected chi connectivity index (χ4v) is 2.55. The number of nitrogen functional groups attached to an aromatic ring is 1. The minimum Gasteiger partial charge on any atom is -0.494 e. The van der Waals surface area contributed by atoms with Crippen molar-refractivity contribution in [2.75, 3.05) is 20.0 Å². The number of fused-ring (bicyclic) bond motifs is 1. The van der Waals surface area contributed by atoms with Gasteiger partial charge in [0.2, 0.25) is 0 Å². The Morgan fingerprint density at radius 2 is 2.22 bits per heavy atom. The van der Waals surface area contributed by atoms with Gasteiger partial charge < -0.3 is 15.2 Å². The van der Waals surface area contributed by atoms with E-state index in [0.29, 0.717) is 22.3 Å². The number of benzene rings is 1. The highest BCUT2D eigenvalue weighted by Gasteiger charge is 2.21. The molecule has 0 saturated carbocycles. The van der Waals surface area contributed by atoms with E-state index in [1.54, 1.807) is 0 Å². The topological polar surface area (TPSA) is 91.5 Å². The zero-order valence-electron chi connectivity index (χ0n) is 9.72. The van der Waals surface area contributed by atoms with E-state index in [-0.39, 0.29) is 16.3 Å². The highest BCUT2D eigenvalue weighted by atomic mass is 32.1. The van der Waals surface area contributed by atoms with Crippen LogP contribution in [0.4, 0.5) is 5.13 Å². The second-order valence-corrected chi connectivity index (χ2v) is 4.42. The lowest BCUT2D eigenvalue weighted by Crippen LogP contribution is -2.04. The minimum absolute atomic E-state index is 0.198. The van der Waals surface area contributed by atoms with E-state index in [9.17, 15) is 9.59 Å². The Bertz CT molecular complexity index is 635. The molecule has 0 radical (unpaired) electrons. The SMILES string of the molecule is COC(=O)c1cc(C=O)c(OC)c2sc(N)nc12. The van der Waals surface area contributed by atoms with E-state index < -0.39 is 5.97 Å². The first-order chi connectivity index (χ1) is 8.62. The summed E-state index contributed by atoms with van der Waals surface area (Å²) in [4.78, 5) is 26.7. The van der Waals surface area contributed by atoms with Gasteiger partial charge in [-0.05, 0) is 6.07 Å². The van der Waals surface area contributed by atoms with Gasteiger partial charge in [0.25, 0.3) is 0 Å². The third-order valence-corrected chi connectivity index (χ3v) is 3.29. The summed E-state index contributed by atoms with van der Waals surface area (Å²) in [7, 11) is 2.70. The van der Waals surface area contributed by atoms with Crippen LogP contribution >= 0.6 is 11.3 Å². The van der Waals surface area contributed by atoms with Crippen LogP contribution in [-0.2, 0) is 4.74 Å². The number of nitrogens with zero attached hydrogens (tertiary/aromatic N) is 1. The summed E-state index contributed by atoms with van der Waals surface area (Å²) in [6.07, 6.45) is 0.612. The van der Waals surface area contributed by atoms with E-state index in [2.05, 4.69) is 9.72 Å². The largest absolute Gasteiger partial charge is 0.494 e. The predicted octanol–water partition coefficient (Wildman–Crippen LogP) is 1.49. The molecule has 18 heavy (non-hydrogen) atoms. The number of aldehydes is 1. The maximum atomic E-state index is 11.6. The Balaban J connectivity index is 2.87. The predicted molar refractivity (Wildman–Crippen MR) is 67.3 cm³/mol. The van der Waals surface area contributed by atoms with Crippen molar-refractivity contribution in [3.05, 3.63) is 17.2 Å². The number of anilines is 1. The van der Waals surface area contributed by atoms with Gasteiger partial charge in [-0.2, -0.15) is 0 Å². The van der Waals surface area contributed by atoms with Gasteiger partial charge in [-0.1, -0.05) is 11.3 Å². The number of aromatic nitrogens is 1. The maximum absolute atomic E-state index is 11.6. The van der Waals surface area contributed by atoms with Gasteiger partial charge in [0.15, 0.2) is 11.4 Å². The first-order valence-electron chi connectivity index (χ1n) is 4.92. The average Bonchev–Trinajstić information content (AvgIpc) is 2.76.